The molecule has 0 aliphatic heterocycles. The molecule has 0 amide bonds. The molecular weight excluding hydrogens is 172 g/mol. The first-order valence-electron chi connectivity index (χ1n) is 5.54. The molecule has 0 N–H and O–H groups in total. The van der Waals surface area contributed by atoms with Crippen LogP contribution >= 0.6 is 0 Å². The average Bonchev–Trinajstić information content (AvgIpc) is 2.23. The summed E-state index contributed by atoms with van der Waals surface area (Å²) < 4.78 is 0. The minimum atomic E-state index is 0.287. The second-order valence-corrected chi connectivity index (χ2v) is 3.51. The lowest BCUT2D eigenvalue weighted by Crippen LogP contribution is -2.03. The van der Waals surface area contributed by atoms with Crippen LogP contribution in [0.2, 0.25) is 0 Å². The molecule has 1 heteroatoms. The number of ketones is 1. The van der Waals surface area contributed by atoms with Gasteiger partial charge in [0, 0.05) is 6.42 Å². The van der Waals surface area contributed by atoms with Crippen LogP contribution in [0, 0.1) is 5.92 Å². The van der Waals surface area contributed by atoms with E-state index in [4.69, 9.17) is 0 Å². The Balaban J connectivity index is 4.52. The fourth-order valence-electron chi connectivity index (χ4n) is 1.49. The molecule has 0 saturated heterocycles. The van der Waals surface area contributed by atoms with E-state index in [1.807, 2.05) is 19.9 Å². The fraction of sp³-hybridized carbons (Fsp3) is 0.615. The van der Waals surface area contributed by atoms with Gasteiger partial charge in [-0.05, 0) is 30.8 Å². The summed E-state index contributed by atoms with van der Waals surface area (Å²) in [5.41, 5.74) is 0.987. The Morgan fingerprint density at radius 3 is 2.29 bits per heavy atom. The zero-order valence-electron chi connectivity index (χ0n) is 9.68. The van der Waals surface area contributed by atoms with Crippen molar-refractivity contribution in [1.29, 1.82) is 0 Å². The van der Waals surface area contributed by atoms with Crippen molar-refractivity contribution >= 4 is 5.78 Å². The molecule has 0 saturated carbocycles. The summed E-state index contributed by atoms with van der Waals surface area (Å²) in [7, 11) is 0. The van der Waals surface area contributed by atoms with Crippen molar-refractivity contribution < 1.29 is 4.79 Å². The van der Waals surface area contributed by atoms with Crippen LogP contribution in [-0.4, -0.2) is 5.78 Å². The molecule has 0 rings (SSSR count). The number of hydrogen-bond acceptors (Lipinski definition) is 1. The largest absolute Gasteiger partial charge is 0.295 e. The third-order valence-electron chi connectivity index (χ3n) is 2.49. The summed E-state index contributed by atoms with van der Waals surface area (Å²) in [6, 6.07) is 0. The van der Waals surface area contributed by atoms with Gasteiger partial charge >= 0.3 is 0 Å². The van der Waals surface area contributed by atoms with E-state index >= 15 is 0 Å². The number of allylic oxidation sites excluding steroid dienone is 3. The summed E-state index contributed by atoms with van der Waals surface area (Å²) in [5, 5.41) is 0. The molecule has 0 aromatic rings. The topological polar surface area (TPSA) is 17.1 Å². The second-order valence-electron chi connectivity index (χ2n) is 3.51. The van der Waals surface area contributed by atoms with Gasteiger partial charge in [0.25, 0.3) is 0 Å². The monoisotopic (exact) mass is 194 g/mol. The van der Waals surface area contributed by atoms with Crippen LogP contribution in [0.3, 0.4) is 0 Å². The number of Topliss-reactive ketones (excluding diaryl/α,β-unsaturated/α-hetero) is 1. The van der Waals surface area contributed by atoms with E-state index in [0.29, 0.717) is 12.3 Å². The quantitative estimate of drug-likeness (QED) is 0.443. The molecule has 0 aromatic carbocycles. The van der Waals surface area contributed by atoms with E-state index in [1.165, 1.54) is 0 Å². The van der Waals surface area contributed by atoms with Crippen molar-refractivity contribution in [3.63, 3.8) is 0 Å². The first-order chi connectivity index (χ1) is 6.69. The summed E-state index contributed by atoms with van der Waals surface area (Å²) in [4.78, 5) is 11.5. The molecule has 1 atom stereocenters. The minimum absolute atomic E-state index is 0.287. The molecule has 1 unspecified atom stereocenters. The van der Waals surface area contributed by atoms with E-state index in [-0.39, 0.29) is 5.78 Å². The standard InChI is InChI=1S/C13H22O/c1-5-9-11(6-2)10-12(7-3)13(14)8-4/h5,10-11H,1,6-9H2,2-4H3/b12-10+. The van der Waals surface area contributed by atoms with Crippen LogP contribution in [0.25, 0.3) is 0 Å². The molecule has 0 aliphatic rings. The molecule has 0 aliphatic carbocycles. The Labute approximate surface area is 87.9 Å². The predicted octanol–water partition coefficient (Wildman–Crippen LogP) is 3.90. The number of carbonyl (C=O) groups is 1. The molecule has 80 valence electrons. The Morgan fingerprint density at radius 2 is 1.93 bits per heavy atom. The van der Waals surface area contributed by atoms with Gasteiger partial charge < -0.3 is 0 Å². The number of carbonyl (C=O) groups excluding carboxylic acids is 1. The zero-order valence-corrected chi connectivity index (χ0v) is 9.68. The lowest BCUT2D eigenvalue weighted by atomic mass is 9.95. The molecule has 0 spiro atoms. The van der Waals surface area contributed by atoms with Crippen molar-refractivity contribution in [2.75, 3.05) is 0 Å². The van der Waals surface area contributed by atoms with Gasteiger partial charge in [-0.3, -0.25) is 4.79 Å². The summed E-state index contributed by atoms with van der Waals surface area (Å²) in [6.07, 6.45) is 7.57. The maximum atomic E-state index is 11.5. The Hall–Kier alpha value is -0.850. The maximum absolute atomic E-state index is 11.5. The van der Waals surface area contributed by atoms with Gasteiger partial charge in [-0.1, -0.05) is 32.9 Å². The van der Waals surface area contributed by atoms with E-state index in [1.54, 1.807) is 0 Å². The molecule has 1 nitrogen and oxygen atoms in total. The number of hydrogen-bond donors (Lipinski definition) is 0. The molecule has 0 bridgehead atoms. The van der Waals surface area contributed by atoms with Gasteiger partial charge in [-0.2, -0.15) is 0 Å². The van der Waals surface area contributed by atoms with Crippen molar-refractivity contribution in [2.24, 2.45) is 5.92 Å². The van der Waals surface area contributed by atoms with Crippen LogP contribution in [0.5, 0.6) is 0 Å². The van der Waals surface area contributed by atoms with E-state index < -0.39 is 0 Å². The summed E-state index contributed by atoms with van der Waals surface area (Å²) in [6.45, 7) is 9.84. The van der Waals surface area contributed by atoms with Crippen LogP contribution in [0.15, 0.2) is 24.3 Å². The van der Waals surface area contributed by atoms with Crippen LogP contribution in [-0.2, 0) is 4.79 Å². The Kier molecular flexibility index (Phi) is 7.09. The fourth-order valence-corrected chi connectivity index (χ4v) is 1.49. The van der Waals surface area contributed by atoms with Gasteiger partial charge in [-0.25, -0.2) is 0 Å². The van der Waals surface area contributed by atoms with Crippen molar-refractivity contribution in [2.45, 2.75) is 46.5 Å². The molecule has 0 heterocycles. The van der Waals surface area contributed by atoms with Gasteiger partial charge in [0.15, 0.2) is 5.78 Å². The maximum Gasteiger partial charge on any atom is 0.158 e. The lowest BCUT2D eigenvalue weighted by Gasteiger charge is -2.09. The minimum Gasteiger partial charge on any atom is -0.295 e. The smallest absolute Gasteiger partial charge is 0.158 e. The first-order valence-corrected chi connectivity index (χ1v) is 5.54. The van der Waals surface area contributed by atoms with E-state index in [9.17, 15) is 4.79 Å². The summed E-state index contributed by atoms with van der Waals surface area (Å²) >= 11 is 0. The highest BCUT2D eigenvalue weighted by molar-refractivity contribution is 5.94. The van der Waals surface area contributed by atoms with Gasteiger partial charge in [0.05, 0.1) is 0 Å². The third kappa shape index (κ3) is 4.40. The predicted molar refractivity (Wildman–Crippen MR) is 62.3 cm³/mol. The SMILES string of the molecule is C=CCC(/C=C(\CC)C(=O)CC)CC. The summed E-state index contributed by atoms with van der Waals surface area (Å²) in [5.74, 6) is 0.771. The normalized spacial score (nSPS) is 13.8. The first kappa shape index (κ1) is 13.2. The van der Waals surface area contributed by atoms with Gasteiger partial charge in [-0.15, -0.1) is 6.58 Å². The lowest BCUT2D eigenvalue weighted by molar-refractivity contribution is -0.115. The van der Waals surface area contributed by atoms with Gasteiger partial charge in [0.2, 0.25) is 0 Å². The van der Waals surface area contributed by atoms with Crippen LogP contribution in [0.4, 0.5) is 0 Å². The molecule has 14 heavy (non-hydrogen) atoms. The molecule has 0 radical (unpaired) electrons. The van der Waals surface area contributed by atoms with E-state index in [2.05, 4.69) is 19.6 Å². The zero-order chi connectivity index (χ0) is 11.0. The van der Waals surface area contributed by atoms with Crippen LogP contribution in [0.1, 0.15) is 46.5 Å². The Morgan fingerprint density at radius 1 is 1.29 bits per heavy atom. The molecular formula is C13H22O. The average molecular weight is 194 g/mol. The van der Waals surface area contributed by atoms with Crippen LogP contribution < -0.4 is 0 Å². The highest BCUT2D eigenvalue weighted by Crippen LogP contribution is 2.16. The Bertz CT molecular complexity index is 213. The highest BCUT2D eigenvalue weighted by Gasteiger charge is 2.07. The van der Waals surface area contributed by atoms with Crippen molar-refractivity contribution in [1.82, 2.24) is 0 Å². The third-order valence-corrected chi connectivity index (χ3v) is 2.49. The van der Waals surface area contributed by atoms with Crippen molar-refractivity contribution in [3.05, 3.63) is 24.3 Å². The highest BCUT2D eigenvalue weighted by atomic mass is 16.1. The van der Waals surface area contributed by atoms with E-state index in [0.717, 1.165) is 24.8 Å². The number of rotatable bonds is 7. The second kappa shape index (κ2) is 7.54. The molecule has 0 aromatic heterocycles. The van der Waals surface area contributed by atoms with Gasteiger partial charge in [0.1, 0.15) is 0 Å². The molecule has 0 fully saturated rings. The van der Waals surface area contributed by atoms with Crippen molar-refractivity contribution in [3.8, 4) is 0 Å².